The van der Waals surface area contributed by atoms with Gasteiger partial charge in [0.15, 0.2) is 16.4 Å². The van der Waals surface area contributed by atoms with Crippen LogP contribution >= 0.6 is 0 Å². The Morgan fingerprint density at radius 2 is 1.77 bits per heavy atom. The van der Waals surface area contributed by atoms with Crippen LogP contribution in [0, 0.1) is 10.1 Å². The number of nitro benzene ring substituents is 1. The van der Waals surface area contributed by atoms with Crippen LogP contribution in [0.4, 0.5) is 30.2 Å². The van der Waals surface area contributed by atoms with Gasteiger partial charge in [0, 0.05) is 18.0 Å². The van der Waals surface area contributed by atoms with E-state index >= 15 is 0 Å². The van der Waals surface area contributed by atoms with Crippen LogP contribution in [0.1, 0.15) is 0 Å². The highest BCUT2D eigenvalue weighted by molar-refractivity contribution is 7.90. The summed E-state index contributed by atoms with van der Waals surface area (Å²) in [5.41, 5.74) is -0.0729. The number of hydrogen-bond donors (Lipinski definition) is 1. The van der Waals surface area contributed by atoms with E-state index in [-0.39, 0.29) is 16.3 Å². The smallest absolute Gasteiger partial charge is 0.422 e. The number of halogens is 3. The van der Waals surface area contributed by atoms with E-state index in [1.54, 1.807) is 0 Å². The summed E-state index contributed by atoms with van der Waals surface area (Å²) in [6.07, 6.45) is -3.53. The van der Waals surface area contributed by atoms with Crippen molar-refractivity contribution < 1.29 is 31.2 Å². The first-order chi connectivity index (χ1) is 12.0. The Balaban J connectivity index is 2.21. The number of rotatable bonds is 6. The molecular weight excluding hydrogens is 377 g/mol. The third kappa shape index (κ3) is 5.34. The fourth-order valence-electron chi connectivity index (χ4n) is 1.95. The molecule has 0 unspecified atom stereocenters. The lowest BCUT2D eigenvalue weighted by molar-refractivity contribution is -0.384. The minimum absolute atomic E-state index is 0.0187. The predicted octanol–water partition coefficient (Wildman–Crippen LogP) is 3.68. The lowest BCUT2D eigenvalue weighted by atomic mass is 10.2. The molecule has 2 aromatic carbocycles. The molecule has 11 heteroatoms. The first-order valence-electron chi connectivity index (χ1n) is 7.01. The van der Waals surface area contributed by atoms with Crippen LogP contribution in [0.5, 0.6) is 5.75 Å². The quantitative estimate of drug-likeness (QED) is 0.597. The van der Waals surface area contributed by atoms with Crippen molar-refractivity contribution in [3.05, 3.63) is 52.6 Å². The van der Waals surface area contributed by atoms with E-state index in [4.69, 9.17) is 0 Å². The third-order valence-electron chi connectivity index (χ3n) is 3.13. The molecule has 0 bridgehead atoms. The normalized spacial score (nSPS) is 11.8. The van der Waals surface area contributed by atoms with Crippen molar-refractivity contribution in [2.45, 2.75) is 11.1 Å². The molecule has 0 radical (unpaired) electrons. The van der Waals surface area contributed by atoms with Gasteiger partial charge in [-0.05, 0) is 36.4 Å². The maximum Gasteiger partial charge on any atom is 0.422 e. The average Bonchev–Trinajstić information content (AvgIpc) is 2.52. The Morgan fingerprint density at radius 3 is 2.27 bits per heavy atom. The molecule has 0 aromatic heterocycles. The average molecular weight is 390 g/mol. The van der Waals surface area contributed by atoms with Crippen LogP contribution in [0.3, 0.4) is 0 Å². The number of hydrogen-bond acceptors (Lipinski definition) is 6. The van der Waals surface area contributed by atoms with E-state index in [0.717, 1.165) is 12.3 Å². The van der Waals surface area contributed by atoms with E-state index in [1.807, 2.05) is 0 Å². The fourth-order valence-corrected chi connectivity index (χ4v) is 2.59. The van der Waals surface area contributed by atoms with E-state index in [2.05, 4.69) is 10.1 Å². The Hall–Kier alpha value is -2.82. The molecule has 0 atom stereocenters. The number of nitro groups is 1. The molecule has 0 aliphatic rings. The minimum Gasteiger partial charge on any atom is -0.484 e. The zero-order valence-corrected chi connectivity index (χ0v) is 14.1. The lowest BCUT2D eigenvalue weighted by Gasteiger charge is -2.11. The van der Waals surface area contributed by atoms with Gasteiger partial charge in [0.05, 0.1) is 9.82 Å². The van der Waals surface area contributed by atoms with Crippen LogP contribution in [0.2, 0.25) is 0 Å². The number of benzene rings is 2. The molecule has 140 valence electrons. The number of anilines is 2. The highest BCUT2D eigenvalue weighted by Gasteiger charge is 2.28. The number of nitrogens with zero attached hydrogens (tertiary/aromatic N) is 1. The summed E-state index contributed by atoms with van der Waals surface area (Å²) < 4.78 is 63.9. The second-order valence-corrected chi connectivity index (χ2v) is 7.28. The van der Waals surface area contributed by atoms with E-state index in [9.17, 15) is 31.7 Å². The molecule has 0 aliphatic carbocycles. The summed E-state index contributed by atoms with van der Waals surface area (Å²) in [5, 5.41) is 13.9. The van der Waals surface area contributed by atoms with Gasteiger partial charge >= 0.3 is 6.18 Å². The van der Waals surface area contributed by atoms with Gasteiger partial charge in [0.2, 0.25) is 0 Å². The lowest BCUT2D eigenvalue weighted by Crippen LogP contribution is -2.19. The summed E-state index contributed by atoms with van der Waals surface area (Å²) in [4.78, 5) is 10.2. The van der Waals surface area contributed by atoms with Crippen molar-refractivity contribution in [2.24, 2.45) is 0 Å². The monoisotopic (exact) mass is 390 g/mol. The van der Waals surface area contributed by atoms with Gasteiger partial charge in [-0.2, -0.15) is 13.2 Å². The molecule has 26 heavy (non-hydrogen) atoms. The number of ether oxygens (including phenoxy) is 1. The molecule has 0 fully saturated rings. The molecular formula is C15H13F3N2O5S. The molecule has 0 spiro atoms. The van der Waals surface area contributed by atoms with Crippen LogP contribution in [-0.4, -0.2) is 32.4 Å². The molecule has 0 saturated carbocycles. The Bertz CT molecular complexity index is 912. The standard InChI is InChI=1S/C15H13F3N2O5S/c1-26(23,24)12-6-7-13(14(8-12)20(21)22)19-10-2-4-11(5-3-10)25-9-15(16,17)18/h2-8,19H,9H2,1H3. The van der Waals surface area contributed by atoms with Gasteiger partial charge in [-0.25, -0.2) is 8.42 Å². The topological polar surface area (TPSA) is 98.5 Å². The SMILES string of the molecule is CS(=O)(=O)c1ccc(Nc2ccc(OCC(F)(F)F)cc2)c([N+](=O)[O-])c1. The van der Waals surface area contributed by atoms with Crippen molar-refractivity contribution in [1.82, 2.24) is 0 Å². The van der Waals surface area contributed by atoms with Crippen LogP contribution in [0.25, 0.3) is 0 Å². The Labute approximate surface area is 146 Å². The van der Waals surface area contributed by atoms with Gasteiger partial charge in [-0.15, -0.1) is 0 Å². The second kappa shape index (κ2) is 7.20. The molecule has 2 aromatic rings. The van der Waals surface area contributed by atoms with E-state index < -0.39 is 33.2 Å². The summed E-state index contributed by atoms with van der Waals surface area (Å²) in [7, 11) is -3.61. The summed E-state index contributed by atoms with van der Waals surface area (Å²) in [6, 6.07) is 8.67. The van der Waals surface area contributed by atoms with Crippen LogP contribution in [0.15, 0.2) is 47.4 Å². The molecule has 0 heterocycles. The third-order valence-corrected chi connectivity index (χ3v) is 4.24. The van der Waals surface area contributed by atoms with E-state index in [1.165, 1.54) is 36.4 Å². The Morgan fingerprint density at radius 1 is 1.15 bits per heavy atom. The Kier molecular flexibility index (Phi) is 5.40. The molecule has 1 N–H and O–H groups in total. The van der Waals surface area contributed by atoms with Gasteiger partial charge in [-0.1, -0.05) is 0 Å². The number of nitrogens with one attached hydrogen (secondary N) is 1. The van der Waals surface area contributed by atoms with Gasteiger partial charge in [-0.3, -0.25) is 10.1 Å². The van der Waals surface area contributed by atoms with Gasteiger partial charge in [0.1, 0.15) is 11.4 Å². The number of alkyl halides is 3. The van der Waals surface area contributed by atoms with Gasteiger partial charge < -0.3 is 10.1 Å². The molecule has 2 rings (SSSR count). The molecule has 0 amide bonds. The van der Waals surface area contributed by atoms with Crippen LogP contribution in [-0.2, 0) is 9.84 Å². The highest BCUT2D eigenvalue weighted by Crippen LogP contribution is 2.31. The van der Waals surface area contributed by atoms with Crippen LogP contribution < -0.4 is 10.1 Å². The molecule has 0 saturated heterocycles. The predicted molar refractivity (Wildman–Crippen MR) is 87.5 cm³/mol. The zero-order valence-electron chi connectivity index (χ0n) is 13.3. The molecule has 7 nitrogen and oxygen atoms in total. The van der Waals surface area contributed by atoms with Crippen molar-refractivity contribution in [3.63, 3.8) is 0 Å². The van der Waals surface area contributed by atoms with E-state index in [0.29, 0.717) is 5.69 Å². The maximum atomic E-state index is 12.1. The highest BCUT2D eigenvalue weighted by atomic mass is 32.2. The van der Waals surface area contributed by atoms with Crippen molar-refractivity contribution in [1.29, 1.82) is 0 Å². The van der Waals surface area contributed by atoms with Crippen molar-refractivity contribution >= 4 is 26.9 Å². The summed E-state index contributed by atoms with van der Waals surface area (Å²) in [6.45, 7) is -1.43. The first kappa shape index (κ1) is 19.5. The second-order valence-electron chi connectivity index (χ2n) is 5.26. The maximum absolute atomic E-state index is 12.1. The summed E-state index contributed by atoms with van der Waals surface area (Å²) >= 11 is 0. The van der Waals surface area contributed by atoms with Gasteiger partial charge in [0.25, 0.3) is 5.69 Å². The largest absolute Gasteiger partial charge is 0.484 e. The molecule has 0 aliphatic heterocycles. The zero-order chi connectivity index (χ0) is 19.5. The van der Waals surface area contributed by atoms with Crippen molar-refractivity contribution in [3.8, 4) is 5.75 Å². The first-order valence-corrected chi connectivity index (χ1v) is 8.90. The van der Waals surface area contributed by atoms with Crippen molar-refractivity contribution in [2.75, 3.05) is 18.2 Å². The number of sulfone groups is 1. The summed E-state index contributed by atoms with van der Waals surface area (Å²) in [5.74, 6) is -0.0187. The minimum atomic E-state index is -4.46. The fraction of sp³-hybridized carbons (Fsp3) is 0.200.